The van der Waals surface area contributed by atoms with E-state index in [4.69, 9.17) is 0 Å². The number of nitrogens with zero attached hydrogens (tertiary/aromatic N) is 3. The van der Waals surface area contributed by atoms with Crippen molar-refractivity contribution in [1.82, 2.24) is 15.0 Å². The molecule has 0 aromatic carbocycles. The molecule has 0 saturated heterocycles. The normalized spacial score (nSPS) is 10.8. The molecule has 0 aliphatic rings. The molecule has 0 aliphatic heterocycles. The monoisotopic (exact) mass is 205 g/mol. The maximum Gasteiger partial charge on any atom is 0.178 e. The number of thiazole rings is 1. The number of aromatic nitrogens is 3. The lowest BCUT2D eigenvalue weighted by Crippen LogP contribution is -1.89. The Balaban J connectivity index is 2.34. The molecule has 72 valence electrons. The van der Waals surface area contributed by atoms with E-state index in [1.807, 2.05) is 5.38 Å². The summed E-state index contributed by atoms with van der Waals surface area (Å²) in [6, 6.07) is 1.80. The highest BCUT2D eigenvalue weighted by atomic mass is 32.1. The quantitative estimate of drug-likeness (QED) is 0.756. The van der Waals surface area contributed by atoms with E-state index in [2.05, 4.69) is 28.8 Å². The molecule has 0 radical (unpaired) electrons. The summed E-state index contributed by atoms with van der Waals surface area (Å²) in [5.41, 5.74) is 0.874. The van der Waals surface area contributed by atoms with Gasteiger partial charge in [0.25, 0.3) is 0 Å². The molecule has 2 heterocycles. The second-order valence-corrected chi connectivity index (χ2v) is 4.19. The van der Waals surface area contributed by atoms with Gasteiger partial charge in [-0.2, -0.15) is 0 Å². The summed E-state index contributed by atoms with van der Waals surface area (Å²) >= 11 is 1.66. The fraction of sp³-hybridized carbons (Fsp3) is 0.300. The summed E-state index contributed by atoms with van der Waals surface area (Å²) in [6.45, 7) is 4.27. The third kappa shape index (κ3) is 1.80. The Kier molecular flexibility index (Phi) is 2.54. The molecule has 3 nitrogen and oxygen atoms in total. The lowest BCUT2D eigenvalue weighted by atomic mass is 10.2. The highest BCUT2D eigenvalue weighted by molar-refractivity contribution is 7.10. The SMILES string of the molecule is CC(C)c1nc(-c2ncccn2)cs1. The molecule has 0 amide bonds. The Hall–Kier alpha value is -1.29. The third-order valence-corrected chi connectivity index (χ3v) is 2.96. The van der Waals surface area contributed by atoms with E-state index in [1.165, 1.54) is 0 Å². The zero-order valence-electron chi connectivity index (χ0n) is 8.14. The van der Waals surface area contributed by atoms with Crippen molar-refractivity contribution in [3.8, 4) is 11.5 Å². The Morgan fingerprint density at radius 1 is 1.21 bits per heavy atom. The Labute approximate surface area is 86.9 Å². The van der Waals surface area contributed by atoms with E-state index in [0.717, 1.165) is 10.7 Å². The third-order valence-electron chi connectivity index (χ3n) is 1.81. The largest absolute Gasteiger partial charge is 0.238 e. The van der Waals surface area contributed by atoms with Gasteiger partial charge in [-0.15, -0.1) is 11.3 Å². The van der Waals surface area contributed by atoms with E-state index >= 15 is 0 Å². The van der Waals surface area contributed by atoms with Crippen LogP contribution in [0.25, 0.3) is 11.5 Å². The van der Waals surface area contributed by atoms with E-state index in [9.17, 15) is 0 Å². The van der Waals surface area contributed by atoms with E-state index in [0.29, 0.717) is 11.7 Å². The van der Waals surface area contributed by atoms with Gasteiger partial charge in [-0.1, -0.05) is 13.8 Å². The van der Waals surface area contributed by atoms with E-state index < -0.39 is 0 Å². The van der Waals surface area contributed by atoms with Crippen LogP contribution in [-0.4, -0.2) is 15.0 Å². The molecule has 2 aromatic rings. The van der Waals surface area contributed by atoms with Crippen molar-refractivity contribution in [2.45, 2.75) is 19.8 Å². The lowest BCUT2D eigenvalue weighted by molar-refractivity contribution is 0.852. The van der Waals surface area contributed by atoms with Crippen molar-refractivity contribution in [2.75, 3.05) is 0 Å². The van der Waals surface area contributed by atoms with Crippen LogP contribution in [0.15, 0.2) is 23.8 Å². The van der Waals surface area contributed by atoms with Gasteiger partial charge in [-0.05, 0) is 6.07 Å². The topological polar surface area (TPSA) is 38.7 Å². The molecule has 0 saturated carbocycles. The first-order chi connectivity index (χ1) is 6.77. The highest BCUT2D eigenvalue weighted by Crippen LogP contribution is 2.23. The number of hydrogen-bond acceptors (Lipinski definition) is 4. The summed E-state index contributed by atoms with van der Waals surface area (Å²) < 4.78 is 0. The van der Waals surface area contributed by atoms with Gasteiger partial charge in [-0.25, -0.2) is 15.0 Å². The first kappa shape index (κ1) is 9.27. The predicted molar refractivity (Wildman–Crippen MR) is 57.2 cm³/mol. The highest BCUT2D eigenvalue weighted by Gasteiger charge is 2.08. The molecule has 0 fully saturated rings. The standard InChI is InChI=1S/C10H11N3S/c1-7(2)10-13-8(6-14-10)9-11-4-3-5-12-9/h3-7H,1-2H3. The molecule has 2 aromatic heterocycles. The molecule has 0 aliphatic carbocycles. The van der Waals surface area contributed by atoms with Crippen LogP contribution in [0.4, 0.5) is 0 Å². The predicted octanol–water partition coefficient (Wildman–Crippen LogP) is 2.72. The molecule has 0 spiro atoms. The lowest BCUT2D eigenvalue weighted by Gasteiger charge is -1.96. The minimum absolute atomic E-state index is 0.470. The van der Waals surface area contributed by atoms with Crippen molar-refractivity contribution in [2.24, 2.45) is 0 Å². The average molecular weight is 205 g/mol. The summed E-state index contributed by atoms with van der Waals surface area (Å²) in [5, 5.41) is 3.14. The average Bonchev–Trinajstić information content (AvgIpc) is 2.68. The van der Waals surface area contributed by atoms with Crippen molar-refractivity contribution in [3.05, 3.63) is 28.8 Å². The molecule has 4 heteroatoms. The van der Waals surface area contributed by atoms with Crippen LogP contribution in [-0.2, 0) is 0 Å². The molecule has 0 atom stereocenters. The molecular formula is C10H11N3S. The second kappa shape index (κ2) is 3.84. The smallest absolute Gasteiger partial charge is 0.178 e. The summed E-state index contributed by atoms with van der Waals surface area (Å²) in [7, 11) is 0. The second-order valence-electron chi connectivity index (χ2n) is 3.30. The zero-order valence-corrected chi connectivity index (χ0v) is 8.95. The Morgan fingerprint density at radius 2 is 1.93 bits per heavy atom. The molecular weight excluding hydrogens is 194 g/mol. The Bertz CT molecular complexity index is 408. The minimum atomic E-state index is 0.470. The maximum atomic E-state index is 4.47. The van der Waals surface area contributed by atoms with Crippen LogP contribution in [0, 0.1) is 0 Å². The fourth-order valence-corrected chi connectivity index (χ4v) is 1.90. The summed E-state index contributed by atoms with van der Waals surface area (Å²) in [6.07, 6.45) is 3.47. The van der Waals surface area contributed by atoms with Gasteiger partial charge in [0.2, 0.25) is 0 Å². The van der Waals surface area contributed by atoms with Crippen LogP contribution in [0.3, 0.4) is 0 Å². The first-order valence-electron chi connectivity index (χ1n) is 4.50. The van der Waals surface area contributed by atoms with Gasteiger partial charge in [0.1, 0.15) is 5.69 Å². The fourth-order valence-electron chi connectivity index (χ4n) is 1.09. The van der Waals surface area contributed by atoms with Crippen LogP contribution in [0.2, 0.25) is 0 Å². The van der Waals surface area contributed by atoms with E-state index in [1.54, 1.807) is 29.8 Å². The van der Waals surface area contributed by atoms with Gasteiger partial charge in [0.15, 0.2) is 5.82 Å². The number of rotatable bonds is 2. The van der Waals surface area contributed by atoms with Gasteiger partial charge in [-0.3, -0.25) is 0 Å². The van der Waals surface area contributed by atoms with Crippen LogP contribution < -0.4 is 0 Å². The molecule has 0 bridgehead atoms. The van der Waals surface area contributed by atoms with Gasteiger partial charge in [0, 0.05) is 23.7 Å². The molecule has 2 rings (SSSR count). The minimum Gasteiger partial charge on any atom is -0.238 e. The first-order valence-corrected chi connectivity index (χ1v) is 5.38. The van der Waals surface area contributed by atoms with Gasteiger partial charge >= 0.3 is 0 Å². The maximum absolute atomic E-state index is 4.47. The zero-order chi connectivity index (χ0) is 9.97. The van der Waals surface area contributed by atoms with Crippen molar-refractivity contribution >= 4 is 11.3 Å². The van der Waals surface area contributed by atoms with Crippen molar-refractivity contribution < 1.29 is 0 Å². The van der Waals surface area contributed by atoms with Crippen molar-refractivity contribution in [3.63, 3.8) is 0 Å². The molecule has 14 heavy (non-hydrogen) atoms. The molecule has 0 N–H and O–H groups in total. The van der Waals surface area contributed by atoms with Gasteiger partial charge < -0.3 is 0 Å². The van der Waals surface area contributed by atoms with Crippen LogP contribution in [0.1, 0.15) is 24.8 Å². The summed E-state index contributed by atoms with van der Waals surface area (Å²) in [4.78, 5) is 12.8. The van der Waals surface area contributed by atoms with Gasteiger partial charge in [0.05, 0.1) is 5.01 Å². The van der Waals surface area contributed by atoms with Crippen LogP contribution in [0.5, 0.6) is 0 Å². The summed E-state index contributed by atoms with van der Waals surface area (Å²) in [5.74, 6) is 1.17. The number of hydrogen-bond donors (Lipinski definition) is 0. The molecule has 0 unspecified atom stereocenters. The van der Waals surface area contributed by atoms with Crippen LogP contribution >= 0.6 is 11.3 Å². The van der Waals surface area contributed by atoms with E-state index in [-0.39, 0.29) is 0 Å². The Morgan fingerprint density at radius 3 is 2.50 bits per heavy atom. The van der Waals surface area contributed by atoms with Crippen molar-refractivity contribution in [1.29, 1.82) is 0 Å².